The molecule has 2 aromatic rings. The molecule has 80 valence electrons. The lowest BCUT2D eigenvalue weighted by Gasteiger charge is -1.89. The molecule has 0 radical (unpaired) electrons. The van der Waals surface area contributed by atoms with Crippen LogP contribution in [0.3, 0.4) is 0 Å². The summed E-state index contributed by atoms with van der Waals surface area (Å²) >= 11 is 1.55. The van der Waals surface area contributed by atoms with Gasteiger partial charge in [0.05, 0.1) is 5.69 Å². The molecule has 0 atom stereocenters. The minimum atomic E-state index is 0.734. The van der Waals surface area contributed by atoms with E-state index in [1.807, 2.05) is 19.9 Å². The van der Waals surface area contributed by atoms with E-state index >= 15 is 0 Å². The quantitative estimate of drug-likeness (QED) is 0.804. The van der Waals surface area contributed by atoms with Crippen molar-refractivity contribution in [2.24, 2.45) is 0 Å². The lowest BCUT2D eigenvalue weighted by atomic mass is 10.4. The number of nitrogens with one attached hydrogen (secondary N) is 1. The van der Waals surface area contributed by atoms with Gasteiger partial charge in [-0.3, -0.25) is 5.10 Å². The van der Waals surface area contributed by atoms with Crippen molar-refractivity contribution in [1.29, 1.82) is 0 Å². The summed E-state index contributed by atoms with van der Waals surface area (Å²) in [6, 6.07) is 1.92. The Morgan fingerprint density at radius 3 is 3.00 bits per heavy atom. The number of hydrogen-bond donors (Lipinski definition) is 1. The van der Waals surface area contributed by atoms with E-state index in [1.54, 1.807) is 11.8 Å². The smallest absolute Gasteiger partial charge is 0.208 e. The van der Waals surface area contributed by atoms with Gasteiger partial charge < -0.3 is 4.52 Å². The van der Waals surface area contributed by atoms with Crippen molar-refractivity contribution in [3.05, 3.63) is 23.3 Å². The second-order valence-corrected chi connectivity index (χ2v) is 4.08. The van der Waals surface area contributed by atoms with E-state index < -0.39 is 0 Å². The monoisotopic (exact) mass is 224 g/mol. The Hall–Kier alpha value is -1.30. The third-order valence-electron chi connectivity index (χ3n) is 1.87. The number of nitrogens with zero attached hydrogens (tertiary/aromatic N) is 3. The van der Waals surface area contributed by atoms with Gasteiger partial charge in [0.1, 0.15) is 11.6 Å². The molecule has 0 aliphatic rings. The molecule has 0 aliphatic heterocycles. The first-order valence-corrected chi connectivity index (χ1v) is 5.72. The van der Waals surface area contributed by atoms with Gasteiger partial charge in [-0.1, -0.05) is 23.8 Å². The van der Waals surface area contributed by atoms with Crippen LogP contribution in [-0.4, -0.2) is 20.3 Å². The fourth-order valence-corrected chi connectivity index (χ4v) is 1.82. The van der Waals surface area contributed by atoms with Crippen molar-refractivity contribution in [1.82, 2.24) is 20.3 Å². The molecule has 6 heteroatoms. The van der Waals surface area contributed by atoms with Crippen molar-refractivity contribution < 1.29 is 4.52 Å². The van der Waals surface area contributed by atoms with Gasteiger partial charge in [-0.25, -0.2) is 4.98 Å². The SMILES string of the molecule is CCc1nc(SCc2cc(C)on2)n[nH]1. The summed E-state index contributed by atoms with van der Waals surface area (Å²) in [6.45, 7) is 3.92. The van der Waals surface area contributed by atoms with Crippen LogP contribution in [0.4, 0.5) is 0 Å². The Kier molecular flexibility index (Phi) is 3.05. The maximum Gasteiger partial charge on any atom is 0.208 e. The third kappa shape index (κ3) is 2.59. The van der Waals surface area contributed by atoms with Gasteiger partial charge in [0.15, 0.2) is 0 Å². The molecule has 5 nitrogen and oxygen atoms in total. The number of rotatable bonds is 4. The lowest BCUT2D eigenvalue weighted by Crippen LogP contribution is -1.82. The van der Waals surface area contributed by atoms with E-state index in [4.69, 9.17) is 4.52 Å². The molecule has 0 fully saturated rings. The molecule has 1 N–H and O–H groups in total. The topological polar surface area (TPSA) is 67.6 Å². The van der Waals surface area contributed by atoms with E-state index in [0.717, 1.165) is 34.6 Å². The minimum absolute atomic E-state index is 0.734. The van der Waals surface area contributed by atoms with Crippen LogP contribution in [-0.2, 0) is 12.2 Å². The van der Waals surface area contributed by atoms with Crippen LogP contribution >= 0.6 is 11.8 Å². The largest absolute Gasteiger partial charge is 0.361 e. The molecule has 0 unspecified atom stereocenters. The van der Waals surface area contributed by atoms with Crippen molar-refractivity contribution in [3.63, 3.8) is 0 Å². The molecule has 0 spiro atoms. The molecule has 2 heterocycles. The summed E-state index contributed by atoms with van der Waals surface area (Å²) in [5.41, 5.74) is 0.917. The van der Waals surface area contributed by atoms with Crippen LogP contribution in [0, 0.1) is 6.92 Å². The molecule has 2 aromatic heterocycles. The highest BCUT2D eigenvalue weighted by Crippen LogP contribution is 2.18. The number of aromatic amines is 1. The lowest BCUT2D eigenvalue weighted by molar-refractivity contribution is 0.393. The molecule has 0 saturated heterocycles. The highest BCUT2D eigenvalue weighted by atomic mass is 32.2. The molecule has 0 saturated carbocycles. The van der Waals surface area contributed by atoms with Gasteiger partial charge in [-0.05, 0) is 6.92 Å². The van der Waals surface area contributed by atoms with E-state index in [2.05, 4.69) is 20.3 Å². The zero-order chi connectivity index (χ0) is 10.7. The predicted octanol–water partition coefficient (Wildman–Crippen LogP) is 1.96. The Balaban J connectivity index is 1.93. The summed E-state index contributed by atoms with van der Waals surface area (Å²) in [6.07, 6.45) is 0.872. The van der Waals surface area contributed by atoms with Crippen LogP contribution in [0.25, 0.3) is 0 Å². The van der Waals surface area contributed by atoms with Crippen LogP contribution in [0.1, 0.15) is 24.2 Å². The zero-order valence-corrected chi connectivity index (χ0v) is 9.47. The van der Waals surface area contributed by atoms with Gasteiger partial charge in [-0.15, -0.1) is 5.10 Å². The van der Waals surface area contributed by atoms with Gasteiger partial charge in [0.2, 0.25) is 5.16 Å². The van der Waals surface area contributed by atoms with Crippen molar-refractivity contribution >= 4 is 11.8 Å². The van der Waals surface area contributed by atoms with Crippen LogP contribution in [0.15, 0.2) is 15.7 Å². The van der Waals surface area contributed by atoms with Crippen LogP contribution in [0.5, 0.6) is 0 Å². The highest BCUT2D eigenvalue weighted by molar-refractivity contribution is 7.98. The molecular weight excluding hydrogens is 212 g/mol. The van der Waals surface area contributed by atoms with Gasteiger partial charge in [0.25, 0.3) is 0 Å². The summed E-state index contributed by atoms with van der Waals surface area (Å²) in [4.78, 5) is 4.29. The van der Waals surface area contributed by atoms with Gasteiger partial charge >= 0.3 is 0 Å². The fourth-order valence-electron chi connectivity index (χ4n) is 1.12. The Labute approximate surface area is 91.7 Å². The molecule has 15 heavy (non-hydrogen) atoms. The number of hydrogen-bond acceptors (Lipinski definition) is 5. The number of H-pyrrole nitrogens is 1. The van der Waals surface area contributed by atoms with E-state index in [9.17, 15) is 0 Å². The Morgan fingerprint density at radius 1 is 1.53 bits per heavy atom. The van der Waals surface area contributed by atoms with Crippen LogP contribution < -0.4 is 0 Å². The average Bonchev–Trinajstić information content (AvgIpc) is 2.83. The maximum absolute atomic E-state index is 4.97. The Bertz CT molecular complexity index is 437. The second-order valence-electron chi connectivity index (χ2n) is 3.14. The normalized spacial score (nSPS) is 10.8. The van der Waals surface area contributed by atoms with Crippen molar-refractivity contribution in [2.45, 2.75) is 31.2 Å². The third-order valence-corrected chi connectivity index (χ3v) is 2.75. The van der Waals surface area contributed by atoms with E-state index in [-0.39, 0.29) is 0 Å². The number of thioether (sulfide) groups is 1. The minimum Gasteiger partial charge on any atom is -0.361 e. The summed E-state index contributed by atoms with van der Waals surface area (Å²) in [7, 11) is 0. The molecule has 0 bridgehead atoms. The predicted molar refractivity (Wildman–Crippen MR) is 56.6 cm³/mol. The van der Waals surface area contributed by atoms with Gasteiger partial charge in [0, 0.05) is 18.2 Å². The first-order chi connectivity index (χ1) is 7.28. The summed E-state index contributed by atoms with van der Waals surface area (Å²) in [5, 5.41) is 11.6. The average molecular weight is 224 g/mol. The first-order valence-electron chi connectivity index (χ1n) is 4.74. The van der Waals surface area contributed by atoms with Crippen LogP contribution in [0.2, 0.25) is 0 Å². The zero-order valence-electron chi connectivity index (χ0n) is 8.65. The molecule has 2 rings (SSSR count). The molecule has 0 aliphatic carbocycles. The second kappa shape index (κ2) is 4.48. The van der Waals surface area contributed by atoms with E-state index in [1.165, 1.54) is 0 Å². The molecular formula is C9H12N4OS. The fraction of sp³-hybridized carbons (Fsp3) is 0.444. The number of aryl methyl sites for hydroxylation is 2. The Morgan fingerprint density at radius 2 is 2.40 bits per heavy atom. The standard InChI is InChI=1S/C9H12N4OS/c1-3-8-10-9(12-11-8)15-5-7-4-6(2)14-13-7/h4H,3,5H2,1-2H3,(H,10,11,12). The summed E-state index contributed by atoms with van der Waals surface area (Å²) in [5.74, 6) is 2.47. The maximum atomic E-state index is 4.97. The summed E-state index contributed by atoms with van der Waals surface area (Å²) < 4.78 is 4.97. The number of aromatic nitrogens is 4. The van der Waals surface area contributed by atoms with E-state index in [0.29, 0.717) is 0 Å². The van der Waals surface area contributed by atoms with Gasteiger partial charge in [-0.2, -0.15) is 0 Å². The van der Waals surface area contributed by atoms with Crippen molar-refractivity contribution in [3.8, 4) is 0 Å². The first kappa shape index (κ1) is 10.2. The molecule has 0 amide bonds. The molecule has 0 aromatic carbocycles. The van der Waals surface area contributed by atoms with Crippen molar-refractivity contribution in [2.75, 3.05) is 0 Å². The highest BCUT2D eigenvalue weighted by Gasteiger charge is 2.05.